The zero-order chi connectivity index (χ0) is 35.3. The summed E-state index contributed by atoms with van der Waals surface area (Å²) in [6.07, 6.45) is 36.9. The summed E-state index contributed by atoms with van der Waals surface area (Å²) in [5, 5.41) is 12.1. The van der Waals surface area contributed by atoms with E-state index in [0.29, 0.717) is 32.2 Å². The summed E-state index contributed by atoms with van der Waals surface area (Å²) in [5.74, 6) is -1.68. The highest BCUT2D eigenvalue weighted by molar-refractivity contribution is 5.84. The molecule has 0 aromatic rings. The molecule has 4 N–H and O–H groups in total. The molecule has 0 fully saturated rings. The van der Waals surface area contributed by atoms with Gasteiger partial charge >= 0.3 is 11.9 Å². The summed E-state index contributed by atoms with van der Waals surface area (Å²) in [6, 6.07) is -0.964. The average molecular weight is 681 g/mol. The van der Waals surface area contributed by atoms with Crippen molar-refractivity contribution in [3.05, 3.63) is 0 Å². The van der Waals surface area contributed by atoms with Crippen LogP contribution in [0, 0.1) is 0 Å². The number of amides is 1. The number of ether oxygens (including phenoxy) is 1. The predicted octanol–water partition coefficient (Wildman–Crippen LogP) is 11.3. The molecule has 0 aromatic carbocycles. The highest BCUT2D eigenvalue weighted by Crippen LogP contribution is 2.18. The molecule has 2 atom stereocenters. The summed E-state index contributed by atoms with van der Waals surface area (Å²) < 4.78 is 5.80. The third-order valence-corrected chi connectivity index (χ3v) is 9.66. The number of aliphatic carboxylic acids is 1. The lowest BCUT2D eigenvalue weighted by Crippen LogP contribution is -2.42. The zero-order valence-corrected chi connectivity index (χ0v) is 31.9. The first-order chi connectivity index (χ1) is 23.4. The van der Waals surface area contributed by atoms with Gasteiger partial charge in [-0.15, -0.1) is 0 Å². The summed E-state index contributed by atoms with van der Waals surface area (Å²) in [5.41, 5.74) is 5.54. The lowest BCUT2D eigenvalue weighted by Gasteiger charge is -2.20. The van der Waals surface area contributed by atoms with Crippen molar-refractivity contribution in [2.75, 3.05) is 6.54 Å². The van der Waals surface area contributed by atoms with Crippen molar-refractivity contribution >= 4 is 17.8 Å². The van der Waals surface area contributed by atoms with E-state index in [1.807, 2.05) is 0 Å². The topological polar surface area (TPSA) is 119 Å². The number of hydrogen-bond acceptors (Lipinski definition) is 5. The van der Waals surface area contributed by atoms with Crippen molar-refractivity contribution in [2.45, 2.75) is 238 Å². The summed E-state index contributed by atoms with van der Waals surface area (Å²) in [4.78, 5) is 37.1. The van der Waals surface area contributed by atoms with Crippen molar-refractivity contribution in [1.82, 2.24) is 5.32 Å². The van der Waals surface area contributed by atoms with Crippen LogP contribution >= 0.6 is 0 Å². The summed E-state index contributed by atoms with van der Waals surface area (Å²) in [6.45, 7) is 4.90. The summed E-state index contributed by atoms with van der Waals surface area (Å²) >= 11 is 0. The minimum atomic E-state index is -1.06. The van der Waals surface area contributed by atoms with E-state index in [1.165, 1.54) is 141 Å². The molecule has 0 saturated heterocycles. The van der Waals surface area contributed by atoms with Gasteiger partial charge in [-0.2, -0.15) is 0 Å². The standard InChI is InChI=1S/C41H80N2O5/c1-3-5-7-9-11-13-15-17-18-20-22-24-26-28-30-34-40(45)48-37(36-39(44)43-38(41(46)47)33-31-35-42)32-29-27-25-23-21-19-16-14-12-10-8-6-4-2/h37-38H,3-36,42H2,1-2H3,(H,43,44)(H,46,47)/t37?,38-/m1/s1. The van der Waals surface area contributed by atoms with E-state index in [-0.39, 0.29) is 18.3 Å². The maximum atomic E-state index is 12.8. The van der Waals surface area contributed by atoms with Crippen LogP contribution < -0.4 is 11.1 Å². The molecule has 0 heterocycles. The van der Waals surface area contributed by atoms with Gasteiger partial charge in [0.15, 0.2) is 0 Å². The van der Waals surface area contributed by atoms with E-state index < -0.39 is 18.1 Å². The van der Waals surface area contributed by atoms with Crippen LogP contribution in [0.2, 0.25) is 0 Å². The van der Waals surface area contributed by atoms with Crippen LogP contribution in [0.5, 0.6) is 0 Å². The number of carboxylic acid groups (broad SMARTS) is 1. The Labute approximate surface area is 297 Å². The Morgan fingerprint density at radius 2 is 0.917 bits per heavy atom. The lowest BCUT2D eigenvalue weighted by atomic mass is 10.0. The van der Waals surface area contributed by atoms with Crippen LogP contribution in [-0.2, 0) is 19.1 Å². The van der Waals surface area contributed by atoms with E-state index in [9.17, 15) is 19.5 Å². The second-order valence-electron chi connectivity index (χ2n) is 14.4. The third kappa shape index (κ3) is 32.9. The van der Waals surface area contributed by atoms with Gasteiger partial charge in [0.2, 0.25) is 5.91 Å². The Kier molecular flexibility index (Phi) is 35.4. The molecule has 0 saturated carbocycles. The minimum Gasteiger partial charge on any atom is -0.480 e. The molecule has 1 amide bonds. The molecular weight excluding hydrogens is 600 g/mol. The monoisotopic (exact) mass is 681 g/mol. The van der Waals surface area contributed by atoms with Gasteiger partial charge in [-0.05, 0) is 38.6 Å². The van der Waals surface area contributed by atoms with Gasteiger partial charge in [0.1, 0.15) is 12.1 Å². The van der Waals surface area contributed by atoms with Crippen LogP contribution in [-0.4, -0.2) is 41.6 Å². The fraction of sp³-hybridized carbons (Fsp3) is 0.927. The Morgan fingerprint density at radius 3 is 1.29 bits per heavy atom. The Morgan fingerprint density at radius 1 is 0.542 bits per heavy atom. The third-order valence-electron chi connectivity index (χ3n) is 9.66. The van der Waals surface area contributed by atoms with E-state index in [2.05, 4.69) is 19.2 Å². The highest BCUT2D eigenvalue weighted by Gasteiger charge is 2.23. The van der Waals surface area contributed by atoms with Crippen LogP contribution in [0.1, 0.15) is 226 Å². The number of nitrogens with one attached hydrogen (secondary N) is 1. The Bertz CT molecular complexity index is 732. The predicted molar refractivity (Wildman–Crippen MR) is 202 cm³/mol. The quantitative estimate of drug-likeness (QED) is 0.0441. The molecule has 0 rings (SSSR count). The molecule has 284 valence electrons. The van der Waals surface area contributed by atoms with Crippen LogP contribution in [0.25, 0.3) is 0 Å². The molecule has 1 unspecified atom stereocenters. The van der Waals surface area contributed by atoms with E-state index >= 15 is 0 Å². The molecule has 48 heavy (non-hydrogen) atoms. The Balaban J connectivity index is 4.28. The second kappa shape index (κ2) is 36.6. The Hall–Kier alpha value is -1.63. The fourth-order valence-electron chi connectivity index (χ4n) is 6.52. The minimum absolute atomic E-state index is 0.00918. The van der Waals surface area contributed by atoms with Crippen molar-refractivity contribution in [3.8, 4) is 0 Å². The maximum Gasteiger partial charge on any atom is 0.326 e. The molecule has 0 radical (unpaired) electrons. The van der Waals surface area contributed by atoms with E-state index in [4.69, 9.17) is 10.5 Å². The largest absolute Gasteiger partial charge is 0.480 e. The lowest BCUT2D eigenvalue weighted by molar-refractivity contribution is -0.151. The average Bonchev–Trinajstić information content (AvgIpc) is 3.06. The highest BCUT2D eigenvalue weighted by atomic mass is 16.5. The van der Waals surface area contributed by atoms with Crippen LogP contribution in [0.3, 0.4) is 0 Å². The fourth-order valence-corrected chi connectivity index (χ4v) is 6.52. The van der Waals surface area contributed by atoms with Crippen molar-refractivity contribution in [1.29, 1.82) is 0 Å². The molecule has 0 aromatic heterocycles. The van der Waals surface area contributed by atoms with E-state index in [0.717, 1.165) is 38.5 Å². The zero-order valence-electron chi connectivity index (χ0n) is 31.9. The first-order valence-electron chi connectivity index (χ1n) is 20.9. The van der Waals surface area contributed by atoms with Gasteiger partial charge in [0.05, 0.1) is 6.42 Å². The number of hydrogen-bond donors (Lipinski definition) is 3. The number of carboxylic acids is 1. The van der Waals surface area contributed by atoms with Crippen LogP contribution in [0.15, 0.2) is 0 Å². The summed E-state index contributed by atoms with van der Waals surface area (Å²) in [7, 11) is 0. The van der Waals surface area contributed by atoms with Crippen molar-refractivity contribution in [3.63, 3.8) is 0 Å². The molecular formula is C41H80N2O5. The normalized spacial score (nSPS) is 12.6. The molecule has 7 nitrogen and oxygen atoms in total. The SMILES string of the molecule is CCCCCCCCCCCCCCCCCC(=O)OC(CCCCCCCCCCCCCCC)CC(=O)N[C@H](CCCN)C(=O)O. The van der Waals surface area contributed by atoms with Gasteiger partial charge in [-0.25, -0.2) is 4.79 Å². The number of carbonyl (C=O) groups excluding carboxylic acids is 2. The number of carbonyl (C=O) groups is 3. The molecule has 0 aliphatic rings. The number of rotatable bonds is 38. The van der Waals surface area contributed by atoms with Crippen molar-refractivity contribution < 1.29 is 24.2 Å². The first-order valence-corrected chi connectivity index (χ1v) is 20.9. The van der Waals surface area contributed by atoms with Gasteiger partial charge in [0.25, 0.3) is 0 Å². The van der Waals surface area contributed by atoms with Gasteiger partial charge in [0, 0.05) is 6.42 Å². The van der Waals surface area contributed by atoms with Gasteiger partial charge < -0.3 is 20.9 Å². The van der Waals surface area contributed by atoms with E-state index in [1.54, 1.807) is 0 Å². The second-order valence-corrected chi connectivity index (χ2v) is 14.4. The smallest absolute Gasteiger partial charge is 0.326 e. The van der Waals surface area contributed by atoms with Gasteiger partial charge in [-0.3, -0.25) is 9.59 Å². The van der Waals surface area contributed by atoms with Gasteiger partial charge in [-0.1, -0.05) is 181 Å². The first kappa shape index (κ1) is 46.4. The number of unbranched alkanes of at least 4 members (excludes halogenated alkanes) is 26. The number of nitrogens with two attached hydrogens (primary N) is 1. The molecule has 7 heteroatoms. The number of esters is 1. The van der Waals surface area contributed by atoms with Crippen LogP contribution in [0.4, 0.5) is 0 Å². The molecule has 0 spiro atoms. The molecule has 0 bridgehead atoms. The molecule has 0 aliphatic carbocycles. The maximum absolute atomic E-state index is 12.8. The molecule has 0 aliphatic heterocycles. The van der Waals surface area contributed by atoms with Crippen molar-refractivity contribution in [2.24, 2.45) is 5.73 Å².